The molecule has 0 radical (unpaired) electrons. The number of ether oxygens (including phenoxy) is 3. The molecule has 0 atom stereocenters. The topological polar surface area (TPSA) is 86.6 Å². The Labute approximate surface area is 205 Å². The van der Waals surface area contributed by atoms with Crippen molar-refractivity contribution < 1.29 is 14.2 Å². The summed E-state index contributed by atoms with van der Waals surface area (Å²) in [6.45, 7) is 9.20. The number of H-pyrrole nitrogens is 1. The number of morpholine rings is 2. The lowest BCUT2D eigenvalue weighted by Crippen LogP contribution is -2.38. The molecule has 8 heteroatoms. The summed E-state index contributed by atoms with van der Waals surface area (Å²) in [7, 11) is 0. The minimum absolute atomic E-state index is 0.536. The summed E-state index contributed by atoms with van der Waals surface area (Å²) in [4.78, 5) is 12.5. The molecule has 8 nitrogen and oxygen atoms in total. The summed E-state index contributed by atoms with van der Waals surface area (Å²) >= 11 is 0. The molecule has 182 valence electrons. The molecule has 1 N–H and O–H groups in total. The van der Waals surface area contributed by atoms with Gasteiger partial charge in [0.25, 0.3) is 0 Å². The second-order valence-corrected chi connectivity index (χ2v) is 8.81. The van der Waals surface area contributed by atoms with Crippen molar-refractivity contribution in [3.63, 3.8) is 0 Å². The van der Waals surface area contributed by atoms with Crippen molar-refractivity contribution in [1.29, 1.82) is 5.26 Å². The van der Waals surface area contributed by atoms with Gasteiger partial charge in [0.05, 0.1) is 32.0 Å². The second-order valence-electron chi connectivity index (χ2n) is 8.81. The number of aromatic nitrogens is 2. The fourth-order valence-electron chi connectivity index (χ4n) is 4.49. The Kier molecular flexibility index (Phi) is 7.71. The number of benzene rings is 1. The number of nitriles is 1. The highest BCUT2D eigenvalue weighted by molar-refractivity contribution is 5.95. The van der Waals surface area contributed by atoms with E-state index in [-0.39, 0.29) is 0 Å². The summed E-state index contributed by atoms with van der Waals surface area (Å²) in [5, 5.41) is 10.8. The van der Waals surface area contributed by atoms with Crippen LogP contribution in [0.25, 0.3) is 28.2 Å². The number of pyridine rings is 1. The molecule has 2 saturated heterocycles. The van der Waals surface area contributed by atoms with Crippen molar-refractivity contribution in [2.45, 2.75) is 0 Å². The lowest BCUT2D eigenvalue weighted by Gasteiger charge is -2.26. The van der Waals surface area contributed by atoms with Gasteiger partial charge in [-0.15, -0.1) is 0 Å². The highest BCUT2D eigenvalue weighted by atomic mass is 16.5. The van der Waals surface area contributed by atoms with Crippen LogP contribution < -0.4 is 4.74 Å². The maximum absolute atomic E-state index is 9.75. The first-order chi connectivity index (χ1) is 17.3. The number of nitrogens with one attached hydrogen (secondary N) is 1. The fourth-order valence-corrected chi connectivity index (χ4v) is 4.49. The van der Waals surface area contributed by atoms with Gasteiger partial charge in [0.1, 0.15) is 24.1 Å². The van der Waals surface area contributed by atoms with E-state index >= 15 is 0 Å². The summed E-state index contributed by atoms with van der Waals surface area (Å²) in [5.74, 6) is 0.620. The van der Waals surface area contributed by atoms with Crippen LogP contribution in [0.1, 0.15) is 11.1 Å². The van der Waals surface area contributed by atoms with E-state index in [0.717, 1.165) is 93.4 Å². The summed E-state index contributed by atoms with van der Waals surface area (Å²) in [6.07, 6.45) is 8.13. The molecule has 35 heavy (non-hydrogen) atoms. The van der Waals surface area contributed by atoms with Crippen LogP contribution >= 0.6 is 0 Å². The van der Waals surface area contributed by atoms with Gasteiger partial charge in [-0.1, -0.05) is 18.2 Å². The van der Waals surface area contributed by atoms with E-state index in [1.165, 1.54) is 0 Å². The standard InChI is InChI=1S/C27H31N5O3/c28-18-23-17-22(3-4-26(23)35-15-10-32-8-13-34-14-9-32)25-20-30-27-24(25)16-21(19-29-27)2-1-5-31-6-11-33-12-7-31/h1-4,16-17,19-20H,5-15H2,(H,29,30). The van der Waals surface area contributed by atoms with Gasteiger partial charge >= 0.3 is 0 Å². The van der Waals surface area contributed by atoms with Crippen LogP contribution in [0.5, 0.6) is 5.75 Å². The highest BCUT2D eigenvalue weighted by Gasteiger charge is 2.13. The van der Waals surface area contributed by atoms with Gasteiger partial charge in [0.2, 0.25) is 0 Å². The van der Waals surface area contributed by atoms with Crippen LogP contribution in [-0.4, -0.2) is 92.1 Å². The molecule has 4 heterocycles. The van der Waals surface area contributed by atoms with Crippen molar-refractivity contribution in [3.8, 4) is 22.9 Å². The molecule has 0 amide bonds. The average molecular weight is 474 g/mol. The molecule has 2 aliphatic rings. The molecule has 0 spiro atoms. The lowest BCUT2D eigenvalue weighted by atomic mass is 10.0. The second kappa shape index (κ2) is 11.5. The zero-order valence-electron chi connectivity index (χ0n) is 19.9. The number of aromatic amines is 1. The third-order valence-corrected chi connectivity index (χ3v) is 6.51. The molecule has 2 aromatic heterocycles. The van der Waals surface area contributed by atoms with Gasteiger partial charge in [-0.2, -0.15) is 5.26 Å². The first-order valence-corrected chi connectivity index (χ1v) is 12.2. The SMILES string of the molecule is N#Cc1cc(-c2c[nH]c3ncc(C=CCN4CCOCC4)cc23)ccc1OCCN1CCOCC1. The molecular weight excluding hydrogens is 442 g/mol. The largest absolute Gasteiger partial charge is 0.491 e. The van der Waals surface area contributed by atoms with Gasteiger partial charge in [0.15, 0.2) is 0 Å². The quantitative estimate of drug-likeness (QED) is 0.538. The van der Waals surface area contributed by atoms with E-state index in [0.29, 0.717) is 17.9 Å². The van der Waals surface area contributed by atoms with Crippen molar-refractivity contribution in [1.82, 2.24) is 19.8 Å². The molecule has 2 aliphatic heterocycles. The Hall–Kier alpha value is -3.22. The van der Waals surface area contributed by atoms with Crippen LogP contribution in [-0.2, 0) is 9.47 Å². The van der Waals surface area contributed by atoms with Gasteiger partial charge in [-0.3, -0.25) is 9.80 Å². The first kappa shape index (κ1) is 23.5. The van der Waals surface area contributed by atoms with Gasteiger partial charge in [0, 0.05) is 62.6 Å². The average Bonchev–Trinajstić information content (AvgIpc) is 3.33. The van der Waals surface area contributed by atoms with Crippen molar-refractivity contribution in [2.75, 3.05) is 72.3 Å². The number of hydrogen-bond donors (Lipinski definition) is 1. The van der Waals surface area contributed by atoms with Gasteiger partial charge < -0.3 is 19.2 Å². The molecule has 5 rings (SSSR count). The van der Waals surface area contributed by atoms with Gasteiger partial charge in [-0.25, -0.2) is 4.98 Å². The Morgan fingerprint density at radius 3 is 2.60 bits per heavy atom. The lowest BCUT2D eigenvalue weighted by molar-refractivity contribution is 0.0322. The molecule has 0 saturated carbocycles. The van der Waals surface area contributed by atoms with Crippen molar-refractivity contribution in [2.24, 2.45) is 0 Å². The number of fused-ring (bicyclic) bond motifs is 1. The Bertz CT molecular complexity index is 1200. The van der Waals surface area contributed by atoms with Crippen LogP contribution in [0.2, 0.25) is 0 Å². The zero-order valence-corrected chi connectivity index (χ0v) is 19.9. The Morgan fingerprint density at radius 2 is 1.83 bits per heavy atom. The highest BCUT2D eigenvalue weighted by Crippen LogP contribution is 2.32. The summed E-state index contributed by atoms with van der Waals surface area (Å²) < 4.78 is 16.8. The van der Waals surface area contributed by atoms with E-state index in [1.807, 2.05) is 30.6 Å². The molecule has 2 fully saturated rings. The van der Waals surface area contributed by atoms with Crippen LogP contribution in [0.4, 0.5) is 0 Å². The maximum Gasteiger partial charge on any atom is 0.137 e. The van der Waals surface area contributed by atoms with E-state index in [4.69, 9.17) is 14.2 Å². The maximum atomic E-state index is 9.75. The van der Waals surface area contributed by atoms with Crippen LogP contribution in [0.3, 0.4) is 0 Å². The molecule has 1 aromatic carbocycles. The molecular formula is C27H31N5O3. The Morgan fingerprint density at radius 1 is 1.06 bits per heavy atom. The minimum atomic E-state index is 0.536. The number of rotatable bonds is 8. The molecule has 3 aromatic rings. The molecule has 0 aliphatic carbocycles. The van der Waals surface area contributed by atoms with Crippen molar-refractivity contribution >= 4 is 17.1 Å². The molecule has 0 bridgehead atoms. The first-order valence-electron chi connectivity index (χ1n) is 12.2. The van der Waals surface area contributed by atoms with Crippen molar-refractivity contribution in [3.05, 3.63) is 53.9 Å². The summed E-state index contributed by atoms with van der Waals surface area (Å²) in [6, 6.07) is 10.2. The zero-order chi connectivity index (χ0) is 23.9. The normalized spacial score (nSPS) is 17.7. The Balaban J connectivity index is 1.28. The van der Waals surface area contributed by atoms with Crippen LogP contribution in [0, 0.1) is 11.3 Å². The van der Waals surface area contributed by atoms with E-state index in [2.05, 4.69) is 44.1 Å². The molecule has 0 unspecified atom stereocenters. The smallest absolute Gasteiger partial charge is 0.137 e. The number of nitrogens with zero attached hydrogens (tertiary/aromatic N) is 4. The third-order valence-electron chi connectivity index (χ3n) is 6.51. The minimum Gasteiger partial charge on any atom is -0.491 e. The van der Waals surface area contributed by atoms with Crippen LogP contribution in [0.15, 0.2) is 42.7 Å². The van der Waals surface area contributed by atoms with Gasteiger partial charge in [-0.05, 0) is 29.3 Å². The third kappa shape index (κ3) is 5.89. The van der Waals surface area contributed by atoms with E-state index in [1.54, 1.807) is 0 Å². The predicted octanol–water partition coefficient (Wildman–Crippen LogP) is 3.16. The van der Waals surface area contributed by atoms with E-state index < -0.39 is 0 Å². The number of hydrogen-bond acceptors (Lipinski definition) is 7. The fraction of sp³-hybridized carbons (Fsp3) is 0.407. The summed E-state index contributed by atoms with van der Waals surface area (Å²) in [5.41, 5.74) is 4.40. The van der Waals surface area contributed by atoms with E-state index in [9.17, 15) is 5.26 Å². The predicted molar refractivity (Wildman–Crippen MR) is 135 cm³/mol. The monoisotopic (exact) mass is 473 g/mol.